The predicted molar refractivity (Wildman–Crippen MR) is 62.3 cm³/mol. The third-order valence-corrected chi connectivity index (χ3v) is 3.12. The molecule has 0 atom stereocenters. The molecule has 0 spiro atoms. The molecule has 0 amide bonds. The number of thioether (sulfide) groups is 1. The highest BCUT2D eigenvalue weighted by Crippen LogP contribution is 2.25. The summed E-state index contributed by atoms with van der Waals surface area (Å²) in [4.78, 5) is 4.19. The number of aryl methyl sites for hydroxylation is 1. The molecule has 15 heavy (non-hydrogen) atoms. The minimum Gasteiger partial charge on any atom is -0.440 e. The maximum Gasteiger partial charge on any atom is 0.255 e. The highest BCUT2D eigenvalue weighted by atomic mass is 32.2. The van der Waals surface area contributed by atoms with E-state index in [9.17, 15) is 0 Å². The van der Waals surface area contributed by atoms with Gasteiger partial charge in [0.1, 0.15) is 6.26 Å². The number of aromatic nitrogens is 1. The van der Waals surface area contributed by atoms with E-state index in [0.717, 1.165) is 17.9 Å². The van der Waals surface area contributed by atoms with Crippen LogP contribution in [-0.4, -0.2) is 16.6 Å². The van der Waals surface area contributed by atoms with Crippen LogP contribution in [0.5, 0.6) is 0 Å². The molecule has 0 unspecified atom stereocenters. The zero-order valence-corrected chi connectivity index (χ0v) is 10.1. The first-order valence-electron chi connectivity index (χ1n) is 4.81. The largest absolute Gasteiger partial charge is 0.440 e. The quantitative estimate of drug-likeness (QED) is 0.460. The van der Waals surface area contributed by atoms with Crippen LogP contribution < -0.4 is 5.73 Å². The molecule has 5 heteroatoms. The molecule has 0 radical (unpaired) electrons. The van der Waals surface area contributed by atoms with E-state index in [-0.39, 0.29) is 11.3 Å². The lowest BCUT2D eigenvalue weighted by atomic mass is 9.89. The molecule has 1 aromatic heterocycles. The van der Waals surface area contributed by atoms with E-state index in [1.54, 1.807) is 18.0 Å². The first-order valence-corrected chi connectivity index (χ1v) is 5.80. The number of oxazole rings is 1. The molecule has 0 aliphatic heterocycles. The second kappa shape index (κ2) is 4.70. The van der Waals surface area contributed by atoms with Crippen LogP contribution in [-0.2, 0) is 0 Å². The molecule has 0 aliphatic rings. The minimum absolute atomic E-state index is 0.228. The van der Waals surface area contributed by atoms with E-state index in [1.807, 2.05) is 20.8 Å². The van der Waals surface area contributed by atoms with Crippen LogP contribution in [0.25, 0.3) is 0 Å². The Balaban J connectivity index is 2.36. The van der Waals surface area contributed by atoms with Gasteiger partial charge in [0.25, 0.3) is 5.22 Å². The Kier molecular flexibility index (Phi) is 3.79. The Morgan fingerprint density at radius 1 is 1.67 bits per heavy atom. The number of nitrogens with one attached hydrogen (secondary N) is 1. The van der Waals surface area contributed by atoms with Gasteiger partial charge in [-0.15, -0.1) is 0 Å². The van der Waals surface area contributed by atoms with Crippen LogP contribution in [0.3, 0.4) is 0 Å². The summed E-state index contributed by atoms with van der Waals surface area (Å²) in [5, 5.41) is 8.10. The Morgan fingerprint density at radius 3 is 2.80 bits per heavy atom. The second-order valence-corrected chi connectivity index (χ2v) is 5.20. The monoisotopic (exact) mass is 227 g/mol. The van der Waals surface area contributed by atoms with Gasteiger partial charge < -0.3 is 10.2 Å². The highest BCUT2D eigenvalue weighted by molar-refractivity contribution is 7.99. The van der Waals surface area contributed by atoms with Crippen LogP contribution in [0.2, 0.25) is 0 Å². The van der Waals surface area contributed by atoms with Crippen LogP contribution in [0.4, 0.5) is 0 Å². The van der Waals surface area contributed by atoms with Crippen molar-refractivity contribution in [2.45, 2.75) is 32.4 Å². The van der Waals surface area contributed by atoms with Gasteiger partial charge in [-0.3, -0.25) is 5.41 Å². The van der Waals surface area contributed by atoms with Crippen molar-refractivity contribution in [2.24, 2.45) is 11.1 Å². The van der Waals surface area contributed by atoms with Gasteiger partial charge in [0, 0.05) is 11.2 Å². The molecule has 4 nitrogen and oxygen atoms in total. The van der Waals surface area contributed by atoms with Crippen LogP contribution >= 0.6 is 11.8 Å². The predicted octanol–water partition coefficient (Wildman–Crippen LogP) is 2.43. The Hall–Kier alpha value is -0.970. The van der Waals surface area contributed by atoms with Crippen LogP contribution in [0.15, 0.2) is 15.9 Å². The fraction of sp³-hybridized carbons (Fsp3) is 0.600. The van der Waals surface area contributed by atoms with Crippen molar-refractivity contribution in [2.75, 3.05) is 5.75 Å². The summed E-state index contributed by atoms with van der Waals surface area (Å²) in [5.74, 6) is 1.08. The van der Waals surface area contributed by atoms with Crippen molar-refractivity contribution in [3.05, 3.63) is 12.0 Å². The van der Waals surface area contributed by atoms with Gasteiger partial charge in [-0.05, 0) is 13.3 Å². The van der Waals surface area contributed by atoms with E-state index >= 15 is 0 Å². The van der Waals surface area contributed by atoms with Crippen LogP contribution in [0, 0.1) is 17.7 Å². The molecule has 0 aliphatic carbocycles. The molecule has 0 bridgehead atoms. The zero-order valence-electron chi connectivity index (χ0n) is 9.33. The number of nitrogens with zero attached hydrogens (tertiary/aromatic N) is 1. The number of rotatable bonds is 5. The maximum absolute atomic E-state index is 7.41. The van der Waals surface area contributed by atoms with E-state index < -0.39 is 0 Å². The SMILES string of the molecule is Cc1coc(SCCC(C)(C)C(=N)N)n1. The first-order chi connectivity index (χ1) is 6.92. The van der Waals surface area contributed by atoms with Crippen molar-refractivity contribution in [3.8, 4) is 0 Å². The van der Waals surface area contributed by atoms with Gasteiger partial charge in [0.2, 0.25) is 0 Å². The van der Waals surface area contributed by atoms with Crippen LogP contribution in [0.1, 0.15) is 26.0 Å². The average Bonchev–Trinajstić information content (AvgIpc) is 2.51. The molecular weight excluding hydrogens is 210 g/mol. The minimum atomic E-state index is -0.241. The van der Waals surface area contributed by atoms with E-state index in [2.05, 4.69) is 4.98 Å². The van der Waals surface area contributed by atoms with Crippen molar-refractivity contribution < 1.29 is 4.42 Å². The lowest BCUT2D eigenvalue weighted by Gasteiger charge is -2.21. The lowest BCUT2D eigenvalue weighted by Crippen LogP contribution is -2.31. The van der Waals surface area contributed by atoms with Gasteiger partial charge in [-0.2, -0.15) is 0 Å². The van der Waals surface area contributed by atoms with Gasteiger partial charge in [0.05, 0.1) is 11.5 Å². The van der Waals surface area contributed by atoms with E-state index in [4.69, 9.17) is 15.6 Å². The molecule has 0 fully saturated rings. The van der Waals surface area contributed by atoms with Gasteiger partial charge >= 0.3 is 0 Å². The molecule has 1 rings (SSSR count). The molecule has 0 saturated heterocycles. The Morgan fingerprint density at radius 2 is 2.33 bits per heavy atom. The van der Waals surface area contributed by atoms with Crippen molar-refractivity contribution in [1.82, 2.24) is 4.98 Å². The molecule has 84 valence electrons. The zero-order chi connectivity index (χ0) is 11.5. The Labute approximate surface area is 94.1 Å². The third-order valence-electron chi connectivity index (χ3n) is 2.28. The highest BCUT2D eigenvalue weighted by Gasteiger charge is 2.21. The summed E-state index contributed by atoms with van der Waals surface area (Å²) in [6.45, 7) is 5.83. The second-order valence-electron chi connectivity index (χ2n) is 4.15. The molecule has 1 heterocycles. The summed E-state index contributed by atoms with van der Waals surface area (Å²) in [5.41, 5.74) is 6.14. The summed E-state index contributed by atoms with van der Waals surface area (Å²) in [7, 11) is 0. The number of nitrogens with two attached hydrogens (primary N) is 1. The smallest absolute Gasteiger partial charge is 0.255 e. The van der Waals surface area contributed by atoms with E-state index in [1.165, 1.54) is 0 Å². The topological polar surface area (TPSA) is 75.9 Å². The summed E-state index contributed by atoms with van der Waals surface area (Å²) < 4.78 is 5.21. The molecule has 3 N–H and O–H groups in total. The van der Waals surface area contributed by atoms with Crippen molar-refractivity contribution in [3.63, 3.8) is 0 Å². The van der Waals surface area contributed by atoms with Crippen molar-refractivity contribution in [1.29, 1.82) is 5.41 Å². The normalized spacial score (nSPS) is 11.7. The third kappa shape index (κ3) is 3.58. The Bertz CT molecular complexity index is 346. The molecule has 0 aromatic carbocycles. The van der Waals surface area contributed by atoms with Gasteiger partial charge in [-0.1, -0.05) is 25.6 Å². The van der Waals surface area contributed by atoms with Gasteiger partial charge in [0.15, 0.2) is 0 Å². The lowest BCUT2D eigenvalue weighted by molar-refractivity contribution is 0.451. The number of amidine groups is 1. The molecular formula is C10H17N3OS. The number of hydrogen-bond donors (Lipinski definition) is 2. The van der Waals surface area contributed by atoms with Crippen molar-refractivity contribution >= 4 is 17.6 Å². The van der Waals surface area contributed by atoms with Gasteiger partial charge in [-0.25, -0.2) is 4.98 Å². The average molecular weight is 227 g/mol. The number of hydrogen-bond acceptors (Lipinski definition) is 4. The first kappa shape index (κ1) is 12.1. The van der Waals surface area contributed by atoms with E-state index in [0.29, 0.717) is 5.22 Å². The summed E-state index contributed by atoms with van der Waals surface area (Å²) >= 11 is 1.56. The fourth-order valence-electron chi connectivity index (χ4n) is 0.927. The maximum atomic E-state index is 7.41. The standard InChI is InChI=1S/C10H17N3OS/c1-7-6-14-9(13-7)15-5-4-10(2,3)8(11)12/h6H,4-5H2,1-3H3,(H3,11,12). The molecule has 1 aromatic rings. The fourth-order valence-corrected chi connectivity index (χ4v) is 2.04. The molecule has 0 saturated carbocycles. The summed E-state index contributed by atoms with van der Waals surface area (Å²) in [6.07, 6.45) is 2.48. The summed E-state index contributed by atoms with van der Waals surface area (Å²) in [6, 6.07) is 0.